The van der Waals surface area contributed by atoms with Crippen LogP contribution >= 0.6 is 0 Å². The minimum Gasteiger partial charge on any atom is -0.377 e. The Hall–Kier alpha value is -8.75. The number of hydrogen-bond acceptors (Lipinski definition) is 17. The van der Waals surface area contributed by atoms with Crippen molar-refractivity contribution < 1.29 is 70.6 Å². The third kappa shape index (κ3) is 37.7. The van der Waals surface area contributed by atoms with Gasteiger partial charge in [0.05, 0.1) is 25.6 Å². The molecule has 3 aromatic rings. The number of carbonyl (C=O) groups is 11. The van der Waals surface area contributed by atoms with Crippen molar-refractivity contribution in [1.29, 1.82) is 5.41 Å². The first-order valence-electron chi connectivity index (χ1n) is 37.5. The number of ether oxygens (including phenoxy) is 2. The predicted molar refractivity (Wildman–Crippen MR) is 399 cm³/mol. The van der Waals surface area contributed by atoms with Gasteiger partial charge in [-0.05, 0) is 81.4 Å². The number of fused-ring (bicyclic) bond motifs is 1. The number of para-hydroxylation sites is 1. The van der Waals surface area contributed by atoms with Gasteiger partial charge < -0.3 is 84.8 Å². The molecular weight excluding hydrogens is 1370 g/mol. The van der Waals surface area contributed by atoms with Crippen molar-refractivity contribution in [3.8, 4) is 0 Å². The molecule has 19 N–H and O–H groups in total. The molecule has 7 atom stereocenters. The molecule has 11 amide bonds. The second kappa shape index (κ2) is 51.4. The predicted octanol–water partition coefficient (Wildman–Crippen LogP) is 2.57. The average molecular weight is 1490 g/mol. The molecule has 0 unspecified atom stereocenters. The molecule has 586 valence electrons. The molecule has 4 rings (SSSR count). The molecule has 0 saturated carbocycles. The minimum absolute atomic E-state index is 0.00173. The smallest absolute Gasteiger partial charge is 0.246 e. The molecule has 1 saturated heterocycles. The summed E-state index contributed by atoms with van der Waals surface area (Å²) in [7, 11) is -3.90. The first-order chi connectivity index (χ1) is 50.5. The number of hydrogen-bond donors (Lipinski definition) is 16. The third-order valence-electron chi connectivity index (χ3n) is 17.8. The number of H-pyrrole nitrogens is 1. The fourth-order valence-electron chi connectivity index (χ4n) is 11.9. The van der Waals surface area contributed by atoms with Crippen molar-refractivity contribution in [2.45, 2.75) is 242 Å². The van der Waals surface area contributed by atoms with Gasteiger partial charge in [-0.2, -0.15) is 0 Å². The highest BCUT2D eigenvalue weighted by atomic mass is 32.2. The molecule has 0 spiro atoms. The van der Waals surface area contributed by atoms with E-state index in [9.17, 15) is 61.2 Å². The van der Waals surface area contributed by atoms with E-state index in [1.165, 1.54) is 57.8 Å². The zero-order valence-electron chi connectivity index (χ0n) is 61.4. The summed E-state index contributed by atoms with van der Waals surface area (Å²) in [5, 5.41) is 35.4. The van der Waals surface area contributed by atoms with Crippen LogP contribution in [0.3, 0.4) is 0 Å². The summed E-state index contributed by atoms with van der Waals surface area (Å²) in [4.78, 5) is 154. The van der Waals surface area contributed by atoms with E-state index in [1.807, 2.05) is 31.2 Å². The normalized spacial score (nSPS) is 18.8. The minimum atomic E-state index is -3.90. The summed E-state index contributed by atoms with van der Waals surface area (Å²) < 4.78 is 38.2. The number of primary amides is 1. The van der Waals surface area contributed by atoms with E-state index in [4.69, 9.17) is 32.1 Å². The van der Waals surface area contributed by atoms with E-state index in [1.54, 1.807) is 36.5 Å². The lowest BCUT2D eigenvalue weighted by Gasteiger charge is -2.28. The van der Waals surface area contributed by atoms with Gasteiger partial charge in [-0.3, -0.25) is 62.9 Å². The molecular formula is C73H118N16O15S. The summed E-state index contributed by atoms with van der Waals surface area (Å²) in [6, 6.07) is 6.37. The van der Waals surface area contributed by atoms with Crippen molar-refractivity contribution in [2.75, 3.05) is 58.4 Å². The van der Waals surface area contributed by atoms with Gasteiger partial charge in [0.25, 0.3) is 0 Å². The summed E-state index contributed by atoms with van der Waals surface area (Å²) >= 11 is 0. The van der Waals surface area contributed by atoms with Crippen LogP contribution in [0, 0.1) is 5.41 Å². The van der Waals surface area contributed by atoms with E-state index in [0.29, 0.717) is 43.2 Å². The number of unbranched alkanes of at least 4 members (excludes halogenated alkanes) is 13. The Balaban J connectivity index is 1.37. The number of nitrogens with two attached hydrogens (primary N) is 3. The Kier molecular flexibility index (Phi) is 43.4. The molecule has 1 aliphatic heterocycles. The molecule has 1 fully saturated rings. The van der Waals surface area contributed by atoms with Crippen LogP contribution in [0.25, 0.3) is 10.9 Å². The van der Waals surface area contributed by atoms with Crippen molar-refractivity contribution >= 4 is 91.9 Å². The second-order valence-corrected chi connectivity index (χ2v) is 28.5. The van der Waals surface area contributed by atoms with Crippen molar-refractivity contribution in [3.05, 3.63) is 71.9 Å². The zero-order valence-corrected chi connectivity index (χ0v) is 62.3. The standard InChI is InChI=1S/C73H118N16O15S/c1-3-5-7-8-9-10-11-12-13-14-15-16-20-36-64(92)89-105(101,102)45-27-38-63(91)79-41-42-103-43-44-104-50-65(93)82-56(31-6-4-2)67(95)84-57-34-25-37-62(90)78-39-24-23-33-55(66(75)94)83-71(99)60(47-52-49-81-54-32-22-21-30-53(52)54)87-68(96)58(35-26-40-80-73(76)77)85-70(98)59(46-51-28-18-17-19-29-51)86-72(100)61(48-74)88-69(57)97/h17-19,21-22,28-30,32,49,55-61,81H,3-16,20,23-27,31,33-48,50,74H2,1-2H3,(H2,75,94)(H,78,90)(H,79,91)(H,82,93)(H,83,99)(H,84,95)(H,85,98)(H,86,100)(H,87,96)(H,88,97)(H,89,92)(H4,76,77,80)/t55-,56-,57-,58-,59+,60-,61-/m0/s1. The maximum absolute atomic E-state index is 14.7. The number of benzene rings is 2. The number of aromatic nitrogens is 1. The summed E-state index contributed by atoms with van der Waals surface area (Å²) in [6.07, 6.45) is 18.2. The maximum atomic E-state index is 14.7. The van der Waals surface area contributed by atoms with Crippen LogP contribution in [0.5, 0.6) is 0 Å². The van der Waals surface area contributed by atoms with Gasteiger partial charge in [0.2, 0.25) is 75.0 Å². The van der Waals surface area contributed by atoms with E-state index in [0.717, 1.165) is 30.2 Å². The van der Waals surface area contributed by atoms with E-state index in [2.05, 4.69) is 69.8 Å². The van der Waals surface area contributed by atoms with Crippen LogP contribution in [-0.4, -0.2) is 185 Å². The van der Waals surface area contributed by atoms with Crippen LogP contribution in [0.4, 0.5) is 0 Å². The lowest BCUT2D eigenvalue weighted by atomic mass is 10.0. The lowest BCUT2D eigenvalue weighted by Crippen LogP contribution is -2.61. The molecule has 2 heterocycles. The van der Waals surface area contributed by atoms with Gasteiger partial charge >= 0.3 is 0 Å². The monoisotopic (exact) mass is 1490 g/mol. The second-order valence-electron chi connectivity index (χ2n) is 26.7. The largest absolute Gasteiger partial charge is 0.377 e. The molecule has 1 aliphatic rings. The number of guanidine groups is 1. The molecule has 2 aromatic carbocycles. The number of carbonyl (C=O) groups excluding carboxylic acids is 11. The molecule has 32 heteroatoms. The van der Waals surface area contributed by atoms with E-state index < -0.39 is 130 Å². The fourth-order valence-corrected chi connectivity index (χ4v) is 13.0. The van der Waals surface area contributed by atoms with Gasteiger partial charge in [-0.25, -0.2) is 8.42 Å². The molecule has 0 radical (unpaired) electrons. The number of aromatic amines is 1. The highest BCUT2D eigenvalue weighted by molar-refractivity contribution is 7.90. The third-order valence-corrected chi connectivity index (χ3v) is 19.2. The van der Waals surface area contributed by atoms with Gasteiger partial charge in [-0.15, -0.1) is 0 Å². The number of nitrogens with one attached hydrogen (secondary N) is 13. The lowest BCUT2D eigenvalue weighted by molar-refractivity contribution is -0.136. The van der Waals surface area contributed by atoms with E-state index in [-0.39, 0.29) is 128 Å². The Morgan fingerprint density at radius 1 is 0.600 bits per heavy atom. The fraction of sp³-hybridized carbons (Fsp3) is 0.644. The van der Waals surface area contributed by atoms with Crippen LogP contribution in [-0.2, 0) is 85.1 Å². The van der Waals surface area contributed by atoms with Crippen LogP contribution in [0.15, 0.2) is 60.8 Å². The van der Waals surface area contributed by atoms with Gasteiger partial charge in [0.1, 0.15) is 48.9 Å². The first kappa shape index (κ1) is 88.6. The summed E-state index contributed by atoms with van der Waals surface area (Å²) in [5.41, 5.74) is 19.5. The highest BCUT2D eigenvalue weighted by Crippen LogP contribution is 2.21. The molecule has 105 heavy (non-hydrogen) atoms. The highest BCUT2D eigenvalue weighted by Gasteiger charge is 2.35. The number of rotatable bonds is 43. The number of amides is 11. The van der Waals surface area contributed by atoms with Gasteiger partial charge in [-0.1, -0.05) is 152 Å². The molecule has 1 aromatic heterocycles. The topological polar surface area (TPSA) is 490 Å². The Morgan fingerprint density at radius 3 is 1.88 bits per heavy atom. The summed E-state index contributed by atoms with van der Waals surface area (Å²) in [6.45, 7) is 3.47. The summed E-state index contributed by atoms with van der Waals surface area (Å²) in [5.74, 6) is -8.65. The number of sulfonamides is 1. The Morgan fingerprint density at radius 2 is 1.20 bits per heavy atom. The molecule has 0 aliphatic carbocycles. The molecule has 0 bridgehead atoms. The van der Waals surface area contributed by atoms with Crippen molar-refractivity contribution in [1.82, 2.24) is 62.9 Å². The Bertz CT molecular complexity index is 3310. The molecule has 31 nitrogen and oxygen atoms in total. The van der Waals surface area contributed by atoms with Crippen molar-refractivity contribution in [3.63, 3.8) is 0 Å². The van der Waals surface area contributed by atoms with Crippen LogP contribution in [0.1, 0.15) is 198 Å². The maximum Gasteiger partial charge on any atom is 0.246 e. The van der Waals surface area contributed by atoms with Gasteiger partial charge in [0, 0.05) is 75.4 Å². The van der Waals surface area contributed by atoms with Crippen molar-refractivity contribution in [2.24, 2.45) is 17.2 Å². The zero-order chi connectivity index (χ0) is 76.6. The van der Waals surface area contributed by atoms with E-state index >= 15 is 0 Å². The van der Waals surface area contributed by atoms with Crippen LogP contribution in [0.2, 0.25) is 0 Å². The van der Waals surface area contributed by atoms with Crippen LogP contribution < -0.4 is 75.1 Å². The first-order valence-corrected chi connectivity index (χ1v) is 39.2. The SMILES string of the molecule is CCCCCCCCCCCCCCCC(=O)NS(=O)(=O)CCCC(=O)NCCOCCOCC(=O)N[C@@H](CCCC)C(=O)N[C@H]1CCCC(=O)NCCCC[C@@H](C(N)=O)NC(=O)[C@H](Cc2c[nH]c3ccccc23)NC(=O)[C@H](CCCNC(=N)N)NC(=O)[C@@H](Cc2ccccc2)NC(=O)[C@H](CN)NC1=O. The Labute approximate surface area is 617 Å². The van der Waals surface area contributed by atoms with Gasteiger partial charge in [0.15, 0.2) is 5.96 Å². The quantitative estimate of drug-likeness (QED) is 0.0220. The average Bonchev–Trinajstić information content (AvgIpc) is 1.70.